The minimum Gasteiger partial charge on any atom is -0.330 e. The summed E-state index contributed by atoms with van der Waals surface area (Å²) in [6, 6.07) is 0.630. The van der Waals surface area contributed by atoms with Gasteiger partial charge in [-0.1, -0.05) is 19.8 Å². The number of aryl methyl sites for hydroxylation is 1. The summed E-state index contributed by atoms with van der Waals surface area (Å²) in [4.78, 5) is 0. The van der Waals surface area contributed by atoms with Crippen molar-refractivity contribution in [2.24, 2.45) is 5.73 Å². The van der Waals surface area contributed by atoms with E-state index in [4.69, 9.17) is 5.73 Å². The quantitative estimate of drug-likeness (QED) is 0.849. The van der Waals surface area contributed by atoms with Gasteiger partial charge in [0.2, 0.25) is 0 Å². The van der Waals surface area contributed by atoms with Gasteiger partial charge >= 0.3 is 0 Å². The average molecular weight is 222 g/mol. The van der Waals surface area contributed by atoms with Crippen molar-refractivity contribution in [2.45, 2.75) is 57.9 Å². The zero-order valence-corrected chi connectivity index (χ0v) is 10.3. The summed E-state index contributed by atoms with van der Waals surface area (Å²) in [5, 5.41) is 8.57. The molecule has 0 spiro atoms. The van der Waals surface area contributed by atoms with Crippen LogP contribution in [0, 0.1) is 6.92 Å². The maximum atomic E-state index is 5.62. The van der Waals surface area contributed by atoms with Crippen LogP contribution in [0.2, 0.25) is 0 Å². The topological polar surface area (TPSA) is 56.7 Å². The third-order valence-electron chi connectivity index (χ3n) is 3.62. The van der Waals surface area contributed by atoms with Crippen LogP contribution >= 0.6 is 0 Å². The van der Waals surface area contributed by atoms with Crippen LogP contribution < -0.4 is 5.73 Å². The van der Waals surface area contributed by atoms with Gasteiger partial charge in [-0.2, -0.15) is 0 Å². The van der Waals surface area contributed by atoms with Crippen LogP contribution in [0.15, 0.2) is 0 Å². The summed E-state index contributed by atoms with van der Waals surface area (Å²) < 4.78 is 2.35. The van der Waals surface area contributed by atoms with Gasteiger partial charge in [-0.05, 0) is 32.7 Å². The monoisotopic (exact) mass is 222 g/mol. The number of nitrogens with two attached hydrogens (primary N) is 1. The maximum absolute atomic E-state index is 5.62. The van der Waals surface area contributed by atoms with Crippen LogP contribution in [0.5, 0.6) is 0 Å². The molecule has 0 bridgehead atoms. The van der Waals surface area contributed by atoms with Crippen molar-refractivity contribution >= 4 is 0 Å². The van der Waals surface area contributed by atoms with Gasteiger partial charge in [-0.25, -0.2) is 0 Å². The lowest BCUT2D eigenvalue weighted by molar-refractivity contribution is 0.465. The number of rotatable bonds is 4. The normalized spacial score (nSPS) is 19.2. The fourth-order valence-electron chi connectivity index (χ4n) is 2.71. The molecule has 1 heterocycles. The third kappa shape index (κ3) is 2.12. The summed E-state index contributed by atoms with van der Waals surface area (Å²) in [7, 11) is 0. The van der Waals surface area contributed by atoms with E-state index in [1.807, 2.05) is 0 Å². The smallest absolute Gasteiger partial charge is 0.136 e. The molecule has 1 aromatic heterocycles. The molecule has 1 unspecified atom stereocenters. The van der Waals surface area contributed by atoms with Gasteiger partial charge in [-0.3, -0.25) is 0 Å². The second-order valence-corrected chi connectivity index (χ2v) is 4.89. The molecule has 1 saturated carbocycles. The summed E-state index contributed by atoms with van der Waals surface area (Å²) in [6.07, 6.45) is 6.23. The van der Waals surface area contributed by atoms with Gasteiger partial charge in [0, 0.05) is 12.0 Å². The zero-order chi connectivity index (χ0) is 11.5. The minimum atomic E-state index is 0.423. The minimum absolute atomic E-state index is 0.423. The van der Waals surface area contributed by atoms with Crippen molar-refractivity contribution in [1.29, 1.82) is 0 Å². The first kappa shape index (κ1) is 11.6. The molecule has 4 nitrogen and oxygen atoms in total. The highest BCUT2D eigenvalue weighted by atomic mass is 15.3. The lowest BCUT2D eigenvalue weighted by atomic mass is 10.1. The first-order valence-electron chi connectivity index (χ1n) is 6.35. The molecule has 0 aliphatic heterocycles. The predicted molar refractivity (Wildman–Crippen MR) is 64.4 cm³/mol. The van der Waals surface area contributed by atoms with Crippen LogP contribution in [-0.4, -0.2) is 21.3 Å². The van der Waals surface area contributed by atoms with E-state index in [1.54, 1.807) is 0 Å². The van der Waals surface area contributed by atoms with Crippen LogP contribution in [0.25, 0.3) is 0 Å². The third-order valence-corrected chi connectivity index (χ3v) is 3.62. The van der Waals surface area contributed by atoms with Crippen molar-refractivity contribution < 1.29 is 0 Å². The molecule has 1 fully saturated rings. The first-order chi connectivity index (χ1) is 7.74. The van der Waals surface area contributed by atoms with Gasteiger partial charge in [0.15, 0.2) is 0 Å². The Kier molecular flexibility index (Phi) is 3.59. The summed E-state index contributed by atoms with van der Waals surface area (Å²) in [5.74, 6) is 2.62. The Morgan fingerprint density at radius 2 is 2.06 bits per heavy atom. The molecule has 1 aliphatic rings. The molecule has 1 aromatic rings. The van der Waals surface area contributed by atoms with Crippen molar-refractivity contribution in [3.05, 3.63) is 11.6 Å². The van der Waals surface area contributed by atoms with Crippen LogP contribution in [0.3, 0.4) is 0 Å². The number of hydrogen-bond acceptors (Lipinski definition) is 3. The van der Waals surface area contributed by atoms with E-state index in [0.717, 1.165) is 24.6 Å². The van der Waals surface area contributed by atoms with Gasteiger partial charge in [0.1, 0.15) is 11.6 Å². The Bertz CT molecular complexity index is 339. The molecular formula is C12H22N4. The fourth-order valence-corrected chi connectivity index (χ4v) is 2.71. The molecule has 0 saturated heterocycles. The van der Waals surface area contributed by atoms with E-state index in [9.17, 15) is 0 Å². The summed E-state index contributed by atoms with van der Waals surface area (Å²) >= 11 is 0. The molecule has 0 aromatic carbocycles. The van der Waals surface area contributed by atoms with E-state index in [-0.39, 0.29) is 0 Å². The van der Waals surface area contributed by atoms with E-state index in [0.29, 0.717) is 12.0 Å². The Labute approximate surface area is 97.2 Å². The van der Waals surface area contributed by atoms with E-state index in [2.05, 4.69) is 28.6 Å². The lowest BCUT2D eigenvalue weighted by Crippen LogP contribution is -2.15. The molecule has 4 heteroatoms. The largest absolute Gasteiger partial charge is 0.330 e. The first-order valence-corrected chi connectivity index (χ1v) is 6.35. The second kappa shape index (κ2) is 4.95. The fraction of sp³-hybridized carbons (Fsp3) is 0.833. The van der Waals surface area contributed by atoms with Crippen LogP contribution in [0.4, 0.5) is 0 Å². The maximum Gasteiger partial charge on any atom is 0.136 e. The summed E-state index contributed by atoms with van der Waals surface area (Å²) in [6.45, 7) is 4.98. The lowest BCUT2D eigenvalue weighted by Gasteiger charge is -2.18. The van der Waals surface area contributed by atoms with Crippen molar-refractivity contribution in [2.75, 3.05) is 6.54 Å². The van der Waals surface area contributed by atoms with Gasteiger partial charge in [0.25, 0.3) is 0 Å². The van der Waals surface area contributed by atoms with Gasteiger partial charge in [-0.15, -0.1) is 10.2 Å². The molecule has 2 N–H and O–H groups in total. The van der Waals surface area contributed by atoms with Crippen molar-refractivity contribution in [3.8, 4) is 0 Å². The zero-order valence-electron chi connectivity index (χ0n) is 10.3. The standard InChI is InChI=1S/C12H22N4/c1-9(7-8-13)12-15-14-10(2)16(12)11-5-3-4-6-11/h9,11H,3-8,13H2,1-2H3. The van der Waals surface area contributed by atoms with E-state index >= 15 is 0 Å². The number of hydrogen-bond donors (Lipinski definition) is 1. The van der Waals surface area contributed by atoms with Gasteiger partial charge in [0.05, 0.1) is 0 Å². The molecule has 0 amide bonds. The van der Waals surface area contributed by atoms with E-state index < -0.39 is 0 Å². The van der Waals surface area contributed by atoms with Crippen LogP contribution in [-0.2, 0) is 0 Å². The summed E-state index contributed by atoms with van der Waals surface area (Å²) in [5.41, 5.74) is 5.62. The Morgan fingerprint density at radius 3 is 2.69 bits per heavy atom. The highest BCUT2D eigenvalue weighted by Gasteiger charge is 2.24. The molecule has 0 radical (unpaired) electrons. The highest BCUT2D eigenvalue weighted by molar-refractivity contribution is 5.03. The molecule has 16 heavy (non-hydrogen) atoms. The number of aromatic nitrogens is 3. The Morgan fingerprint density at radius 1 is 1.38 bits per heavy atom. The number of nitrogens with zero attached hydrogens (tertiary/aromatic N) is 3. The molecular weight excluding hydrogens is 200 g/mol. The SMILES string of the molecule is Cc1nnc(C(C)CCN)n1C1CCCC1. The molecule has 1 aliphatic carbocycles. The molecule has 1 atom stereocenters. The van der Waals surface area contributed by atoms with Crippen molar-refractivity contribution in [3.63, 3.8) is 0 Å². The second-order valence-electron chi connectivity index (χ2n) is 4.89. The predicted octanol–water partition coefficient (Wildman–Crippen LogP) is 2.15. The molecule has 2 rings (SSSR count). The average Bonchev–Trinajstić information content (AvgIpc) is 2.86. The molecule has 90 valence electrons. The van der Waals surface area contributed by atoms with Crippen LogP contribution in [0.1, 0.15) is 62.6 Å². The van der Waals surface area contributed by atoms with Crippen molar-refractivity contribution in [1.82, 2.24) is 14.8 Å². The highest BCUT2D eigenvalue weighted by Crippen LogP contribution is 2.33. The van der Waals surface area contributed by atoms with Gasteiger partial charge < -0.3 is 10.3 Å². The Balaban J connectivity index is 2.24. The van der Waals surface area contributed by atoms with E-state index in [1.165, 1.54) is 25.7 Å². The Hall–Kier alpha value is -0.900.